The maximum absolute atomic E-state index is 12.8. The fraction of sp³-hybridized carbons (Fsp3) is 0.200. The van der Waals surface area contributed by atoms with Gasteiger partial charge in [0.25, 0.3) is 0 Å². The van der Waals surface area contributed by atoms with Gasteiger partial charge >= 0.3 is 15.9 Å². The Bertz CT molecular complexity index is 807. The SMILES string of the molecule is C.Cc1ccc(-c2ccc(S(F)(F)(F)(F)F)cc2C)c([N+]#N)c1. The summed E-state index contributed by atoms with van der Waals surface area (Å²) in [5, 5.41) is 8.99. The molecule has 0 radical (unpaired) electrons. The first kappa shape index (κ1) is 18.9. The summed E-state index contributed by atoms with van der Waals surface area (Å²) < 4.78 is 64.0. The third-order valence-corrected chi connectivity index (χ3v) is 4.34. The Balaban J connectivity index is 0.00000264. The quantitative estimate of drug-likeness (QED) is 0.401. The molecule has 8 heteroatoms. The summed E-state index contributed by atoms with van der Waals surface area (Å²) in [4.78, 5) is 1.15. The van der Waals surface area contributed by atoms with Crippen molar-refractivity contribution in [2.45, 2.75) is 26.2 Å². The molecule has 0 heterocycles. The molecule has 0 fully saturated rings. The van der Waals surface area contributed by atoms with Crippen molar-refractivity contribution < 1.29 is 19.4 Å². The van der Waals surface area contributed by atoms with Gasteiger partial charge < -0.3 is 0 Å². The fourth-order valence-electron chi connectivity index (χ4n) is 2.13. The molecule has 0 aliphatic heterocycles. The molecule has 0 aromatic heterocycles. The molecule has 2 rings (SSSR count). The standard InChI is InChI=1S/C14H12F5N2S.CH4/c1-9-3-5-13(14(7-9)21-20)12-6-4-11(8-10(12)2)22(15,16,17,18)19;/h3-8H,1-2H3;1H4/q+1;. The van der Waals surface area contributed by atoms with Crippen LogP contribution in [0.2, 0.25) is 0 Å². The van der Waals surface area contributed by atoms with Gasteiger partial charge in [0, 0.05) is 6.07 Å². The van der Waals surface area contributed by atoms with Crippen molar-refractivity contribution in [3.05, 3.63) is 52.5 Å². The zero-order valence-corrected chi connectivity index (χ0v) is 12.5. The smallest absolute Gasteiger partial charge is 0.0936 e. The van der Waals surface area contributed by atoms with Crippen LogP contribution in [-0.2, 0) is 0 Å². The number of aryl methyl sites for hydroxylation is 2. The van der Waals surface area contributed by atoms with Crippen LogP contribution in [0.3, 0.4) is 0 Å². The van der Waals surface area contributed by atoms with Gasteiger partial charge in [-0.2, -0.15) is 0 Å². The van der Waals surface area contributed by atoms with Crippen LogP contribution in [0.25, 0.3) is 16.1 Å². The minimum absolute atomic E-state index is 0. The molecule has 0 saturated carbocycles. The van der Waals surface area contributed by atoms with Crippen molar-refractivity contribution in [3.63, 3.8) is 0 Å². The summed E-state index contributed by atoms with van der Waals surface area (Å²) >= 11 is 0. The molecule has 126 valence electrons. The minimum Gasteiger partial charge on any atom is -0.0936 e. The number of benzene rings is 2. The Labute approximate surface area is 131 Å². The molecule has 0 aliphatic rings. The van der Waals surface area contributed by atoms with Gasteiger partial charge in [-0.1, -0.05) is 39.0 Å². The second-order valence-electron chi connectivity index (χ2n) is 5.07. The number of rotatable bonds is 2. The third kappa shape index (κ3) is 3.99. The van der Waals surface area contributed by atoms with Crippen molar-refractivity contribution in [1.29, 1.82) is 5.39 Å². The Kier molecular flexibility index (Phi) is 4.05. The highest BCUT2D eigenvalue weighted by Crippen LogP contribution is 3.02. The van der Waals surface area contributed by atoms with Gasteiger partial charge in [-0.3, -0.25) is 0 Å². The van der Waals surface area contributed by atoms with E-state index in [0.717, 1.165) is 11.6 Å². The lowest BCUT2D eigenvalue weighted by Gasteiger charge is -2.40. The van der Waals surface area contributed by atoms with Crippen molar-refractivity contribution >= 4 is 15.9 Å². The summed E-state index contributed by atoms with van der Waals surface area (Å²) in [7, 11) is -9.70. The zero-order valence-electron chi connectivity index (χ0n) is 11.7. The van der Waals surface area contributed by atoms with Crippen molar-refractivity contribution in [3.8, 4) is 11.1 Å². The summed E-state index contributed by atoms with van der Waals surface area (Å²) in [5.41, 5.74) is 1.61. The Morgan fingerprint density at radius 3 is 1.91 bits per heavy atom. The molecule has 0 bridgehead atoms. The maximum atomic E-state index is 12.8. The second-order valence-corrected chi connectivity index (χ2v) is 7.48. The molecular weight excluding hydrogens is 335 g/mol. The molecular formula is C15H16F5N2S+. The monoisotopic (exact) mass is 351 g/mol. The minimum atomic E-state index is -9.70. The molecule has 2 nitrogen and oxygen atoms in total. The third-order valence-electron chi connectivity index (χ3n) is 3.19. The Morgan fingerprint density at radius 1 is 0.870 bits per heavy atom. The topological polar surface area (TPSA) is 28.1 Å². The van der Waals surface area contributed by atoms with Crippen LogP contribution in [0, 0.1) is 19.2 Å². The van der Waals surface area contributed by atoms with E-state index < -0.39 is 15.1 Å². The van der Waals surface area contributed by atoms with Crippen LogP contribution in [0.1, 0.15) is 18.6 Å². The van der Waals surface area contributed by atoms with E-state index in [2.05, 4.69) is 4.98 Å². The average molecular weight is 351 g/mol. The van der Waals surface area contributed by atoms with Crippen LogP contribution in [-0.4, -0.2) is 0 Å². The lowest BCUT2D eigenvalue weighted by Crippen LogP contribution is -2.06. The molecule has 0 N–H and O–H groups in total. The number of hydrogen-bond acceptors (Lipinski definition) is 1. The molecule has 0 atom stereocenters. The van der Waals surface area contributed by atoms with Gasteiger partial charge in [0.15, 0.2) is 4.98 Å². The van der Waals surface area contributed by atoms with E-state index in [1.807, 2.05) is 0 Å². The summed E-state index contributed by atoms with van der Waals surface area (Å²) in [6.07, 6.45) is 0. The van der Waals surface area contributed by atoms with Gasteiger partial charge in [-0.05, 0) is 48.7 Å². The average Bonchev–Trinajstić information content (AvgIpc) is 2.36. The predicted molar refractivity (Wildman–Crippen MR) is 84.2 cm³/mol. The summed E-state index contributed by atoms with van der Waals surface area (Å²) in [5.74, 6) is 0. The normalized spacial score (nSPS) is 14.2. The van der Waals surface area contributed by atoms with E-state index in [9.17, 15) is 19.4 Å². The van der Waals surface area contributed by atoms with Crippen LogP contribution in [0.4, 0.5) is 25.1 Å². The highest BCUT2D eigenvalue weighted by Gasteiger charge is 2.65. The Hall–Kier alpha value is -2.14. The molecule has 0 unspecified atom stereocenters. The zero-order chi connectivity index (χ0) is 16.8. The number of nitrogens with zero attached hydrogens (tertiary/aromatic N) is 2. The molecule has 2 aromatic carbocycles. The molecule has 0 aliphatic carbocycles. The van der Waals surface area contributed by atoms with E-state index in [4.69, 9.17) is 5.39 Å². The first-order chi connectivity index (χ1) is 9.81. The van der Waals surface area contributed by atoms with Crippen LogP contribution >= 0.6 is 10.2 Å². The van der Waals surface area contributed by atoms with Gasteiger partial charge in [0.05, 0.1) is 5.56 Å². The summed E-state index contributed by atoms with van der Waals surface area (Å²) in [6, 6.07) is 6.51. The van der Waals surface area contributed by atoms with Crippen molar-refractivity contribution in [2.24, 2.45) is 0 Å². The highest BCUT2D eigenvalue weighted by atomic mass is 32.5. The second kappa shape index (κ2) is 4.93. The maximum Gasteiger partial charge on any atom is 0.393 e. The Morgan fingerprint density at radius 2 is 1.43 bits per heavy atom. The lowest BCUT2D eigenvalue weighted by atomic mass is 9.98. The van der Waals surface area contributed by atoms with Crippen LogP contribution in [0.15, 0.2) is 41.3 Å². The predicted octanol–water partition coefficient (Wildman–Crippen LogP) is 7.75. The molecule has 0 spiro atoms. The number of diazo groups is 1. The van der Waals surface area contributed by atoms with Gasteiger partial charge in [0.2, 0.25) is 5.39 Å². The number of halogens is 5. The first-order valence-corrected chi connectivity index (χ1v) is 8.08. The van der Waals surface area contributed by atoms with Gasteiger partial charge in [-0.25, -0.2) is 0 Å². The van der Waals surface area contributed by atoms with E-state index >= 15 is 0 Å². The highest BCUT2D eigenvalue weighted by molar-refractivity contribution is 8.45. The van der Waals surface area contributed by atoms with Gasteiger partial charge in [-0.15, -0.1) is 0 Å². The van der Waals surface area contributed by atoms with Crippen LogP contribution in [0.5, 0.6) is 0 Å². The van der Waals surface area contributed by atoms with Crippen molar-refractivity contribution in [1.82, 2.24) is 0 Å². The first-order valence-electron chi connectivity index (χ1n) is 6.13. The van der Waals surface area contributed by atoms with Gasteiger partial charge in [0.1, 0.15) is 4.90 Å². The lowest BCUT2D eigenvalue weighted by molar-refractivity contribution is 0.364. The summed E-state index contributed by atoms with van der Waals surface area (Å²) in [6.45, 7) is 3.05. The van der Waals surface area contributed by atoms with E-state index in [1.165, 1.54) is 13.0 Å². The molecule has 23 heavy (non-hydrogen) atoms. The van der Waals surface area contributed by atoms with E-state index in [0.29, 0.717) is 23.3 Å². The van der Waals surface area contributed by atoms with E-state index in [1.54, 1.807) is 19.1 Å². The number of hydrogen-bond donors (Lipinski definition) is 0. The molecule has 2 aromatic rings. The largest absolute Gasteiger partial charge is 0.393 e. The fourth-order valence-corrected chi connectivity index (χ4v) is 2.86. The van der Waals surface area contributed by atoms with Crippen molar-refractivity contribution in [2.75, 3.05) is 0 Å². The van der Waals surface area contributed by atoms with E-state index in [-0.39, 0.29) is 18.7 Å². The molecule has 0 saturated heterocycles. The molecule has 0 amide bonds. The van der Waals surface area contributed by atoms with Crippen LogP contribution < -0.4 is 0 Å².